The van der Waals surface area contributed by atoms with Gasteiger partial charge in [0.15, 0.2) is 0 Å². The lowest BCUT2D eigenvalue weighted by Crippen LogP contribution is -2.38. The van der Waals surface area contributed by atoms with Crippen LogP contribution in [0.15, 0.2) is 24.5 Å². The number of nitrogens with two attached hydrogens (primary N) is 1. The van der Waals surface area contributed by atoms with Crippen LogP contribution in [0.2, 0.25) is 0 Å². The molecule has 0 radical (unpaired) electrons. The van der Waals surface area contributed by atoms with Gasteiger partial charge >= 0.3 is 0 Å². The molecule has 2 aromatic rings. The van der Waals surface area contributed by atoms with Gasteiger partial charge in [-0.2, -0.15) is 4.98 Å². The number of piperidine rings is 1. The number of pyridine rings is 1. The molecule has 0 unspecified atom stereocenters. The zero-order valence-electron chi connectivity index (χ0n) is 17.3. The number of halogens is 2. The first-order valence-corrected chi connectivity index (χ1v) is 10.6. The average Bonchev–Trinajstić information content (AvgIpc) is 3.56. The number of anilines is 3. The number of alkyl halides is 2. The van der Waals surface area contributed by atoms with Crippen LogP contribution in [0.3, 0.4) is 0 Å². The lowest BCUT2D eigenvalue weighted by molar-refractivity contribution is -0.117. The van der Waals surface area contributed by atoms with Crippen molar-refractivity contribution in [3.63, 3.8) is 0 Å². The molecule has 1 amide bonds. The summed E-state index contributed by atoms with van der Waals surface area (Å²) in [5.41, 5.74) is 7.83. The van der Waals surface area contributed by atoms with E-state index >= 15 is 0 Å². The number of amides is 1. The largest absolute Gasteiger partial charge is 0.370 e. The third-order valence-corrected chi connectivity index (χ3v) is 5.55. The molecule has 2 aliphatic rings. The van der Waals surface area contributed by atoms with Crippen molar-refractivity contribution in [2.75, 3.05) is 30.3 Å². The van der Waals surface area contributed by atoms with Gasteiger partial charge in [0.05, 0.1) is 17.6 Å². The van der Waals surface area contributed by atoms with Crippen molar-refractivity contribution in [3.05, 3.63) is 35.8 Å². The van der Waals surface area contributed by atoms with Gasteiger partial charge in [-0.1, -0.05) is 0 Å². The fraction of sp³-hybridized carbons (Fsp3) is 0.524. The Bertz CT molecular complexity index is 908. The van der Waals surface area contributed by atoms with E-state index in [1.807, 2.05) is 23.2 Å². The molecular weight excluding hydrogens is 404 g/mol. The summed E-state index contributed by atoms with van der Waals surface area (Å²) in [5, 5.41) is 6.33. The fourth-order valence-electron chi connectivity index (χ4n) is 3.58. The van der Waals surface area contributed by atoms with E-state index in [0.717, 1.165) is 29.8 Å². The number of nitrogens with one attached hydrogen (secondary N) is 2. The predicted octanol–water partition coefficient (Wildman–Crippen LogP) is 3.01. The van der Waals surface area contributed by atoms with Crippen LogP contribution in [0.25, 0.3) is 0 Å². The number of hydrogen-bond acceptors (Lipinski definition) is 7. The zero-order chi connectivity index (χ0) is 21.8. The highest BCUT2D eigenvalue weighted by atomic mass is 19.3. The molecule has 1 saturated carbocycles. The molecule has 0 aromatic carbocycles. The third-order valence-electron chi connectivity index (χ3n) is 5.55. The van der Waals surface area contributed by atoms with E-state index in [1.165, 1.54) is 0 Å². The Hall–Kier alpha value is -2.88. The summed E-state index contributed by atoms with van der Waals surface area (Å²) < 4.78 is 26.6. The van der Waals surface area contributed by atoms with Gasteiger partial charge in [-0.15, -0.1) is 0 Å². The number of hydrogen-bond donors (Lipinski definition) is 3. The molecule has 166 valence electrons. The maximum Gasteiger partial charge on any atom is 0.250 e. The van der Waals surface area contributed by atoms with Gasteiger partial charge in [0, 0.05) is 57.2 Å². The second-order valence-corrected chi connectivity index (χ2v) is 8.21. The van der Waals surface area contributed by atoms with E-state index in [2.05, 4.69) is 25.6 Å². The topological polar surface area (TPSA) is 109 Å². The summed E-state index contributed by atoms with van der Waals surface area (Å²) >= 11 is 0. The summed E-state index contributed by atoms with van der Waals surface area (Å²) in [4.78, 5) is 26.4. The molecule has 2 aromatic heterocycles. The van der Waals surface area contributed by atoms with Gasteiger partial charge in [0.25, 0.3) is 5.92 Å². The Morgan fingerprint density at radius 1 is 1.19 bits per heavy atom. The highest BCUT2D eigenvalue weighted by Crippen LogP contribution is 2.42. The first-order valence-electron chi connectivity index (χ1n) is 10.6. The molecule has 0 atom stereocenters. The Morgan fingerprint density at radius 2 is 1.97 bits per heavy atom. The predicted molar refractivity (Wildman–Crippen MR) is 113 cm³/mol. The molecule has 0 spiro atoms. The Balaban J connectivity index is 1.36. The summed E-state index contributed by atoms with van der Waals surface area (Å²) in [6.45, 7) is 1.73. The van der Waals surface area contributed by atoms with Crippen molar-refractivity contribution in [2.45, 2.75) is 50.5 Å². The van der Waals surface area contributed by atoms with E-state index < -0.39 is 5.92 Å². The smallest absolute Gasteiger partial charge is 0.250 e. The number of likely N-dealkylation sites (tertiary alicyclic amines) is 1. The van der Waals surface area contributed by atoms with Crippen LogP contribution >= 0.6 is 0 Å². The number of primary amides is 1. The van der Waals surface area contributed by atoms with Crippen LogP contribution in [0.4, 0.5) is 26.2 Å². The Labute approximate surface area is 179 Å². The second kappa shape index (κ2) is 9.09. The van der Waals surface area contributed by atoms with Gasteiger partial charge in [-0.3, -0.25) is 14.7 Å². The van der Waals surface area contributed by atoms with E-state index in [1.54, 1.807) is 6.20 Å². The molecule has 10 heteroatoms. The summed E-state index contributed by atoms with van der Waals surface area (Å²) in [5.74, 6) is -1.30. The molecule has 31 heavy (non-hydrogen) atoms. The van der Waals surface area contributed by atoms with Crippen LogP contribution in [0.5, 0.6) is 0 Å². The molecular formula is C21H27F2N7O. The standard InChI is InChI=1S/C21H27F2N7O/c22-21(23)6-9-30(10-7-21)13-16-4-3-15(11-26-16)28-20-27-12-17(14-1-2-14)19(29-20)25-8-5-18(24)31/h3-4,11-12,14H,1-2,5-10,13H2,(H2,24,31)(H2,25,27,28,29). The van der Waals surface area contributed by atoms with Crippen LogP contribution < -0.4 is 16.4 Å². The minimum Gasteiger partial charge on any atom is -0.370 e. The summed E-state index contributed by atoms with van der Waals surface area (Å²) in [7, 11) is 0. The maximum atomic E-state index is 13.3. The quantitative estimate of drug-likeness (QED) is 0.560. The van der Waals surface area contributed by atoms with Crippen molar-refractivity contribution in [1.29, 1.82) is 0 Å². The van der Waals surface area contributed by atoms with Crippen molar-refractivity contribution in [2.24, 2.45) is 5.73 Å². The first-order chi connectivity index (χ1) is 14.9. The molecule has 2 fully saturated rings. The van der Waals surface area contributed by atoms with Gasteiger partial charge < -0.3 is 16.4 Å². The van der Waals surface area contributed by atoms with Crippen LogP contribution in [-0.4, -0.2) is 51.3 Å². The minimum atomic E-state index is -2.54. The zero-order valence-corrected chi connectivity index (χ0v) is 17.3. The van der Waals surface area contributed by atoms with E-state index in [0.29, 0.717) is 43.9 Å². The molecule has 8 nitrogen and oxygen atoms in total. The van der Waals surface area contributed by atoms with Crippen LogP contribution in [-0.2, 0) is 11.3 Å². The molecule has 1 saturated heterocycles. The lowest BCUT2D eigenvalue weighted by Gasteiger charge is -2.31. The number of carbonyl (C=O) groups excluding carboxylic acids is 1. The Kier molecular flexibility index (Phi) is 6.26. The van der Waals surface area contributed by atoms with Crippen LogP contribution in [0.1, 0.15) is 49.3 Å². The number of nitrogens with zero attached hydrogens (tertiary/aromatic N) is 4. The van der Waals surface area contributed by atoms with Crippen molar-refractivity contribution in [1.82, 2.24) is 19.9 Å². The maximum absolute atomic E-state index is 13.3. The number of carbonyl (C=O) groups is 1. The average molecular weight is 431 g/mol. The van der Waals surface area contributed by atoms with Gasteiger partial charge in [-0.25, -0.2) is 13.8 Å². The van der Waals surface area contributed by atoms with Crippen LogP contribution in [0, 0.1) is 0 Å². The highest BCUT2D eigenvalue weighted by molar-refractivity contribution is 5.74. The first kappa shape index (κ1) is 21.4. The molecule has 1 aliphatic heterocycles. The Morgan fingerprint density at radius 3 is 2.61 bits per heavy atom. The molecule has 3 heterocycles. The molecule has 4 N–H and O–H groups in total. The monoisotopic (exact) mass is 431 g/mol. The van der Waals surface area contributed by atoms with E-state index in [9.17, 15) is 13.6 Å². The number of aromatic nitrogens is 3. The van der Waals surface area contributed by atoms with E-state index in [-0.39, 0.29) is 25.2 Å². The van der Waals surface area contributed by atoms with Crippen molar-refractivity contribution >= 4 is 23.4 Å². The normalized spacial score (nSPS) is 18.5. The van der Waals surface area contributed by atoms with E-state index in [4.69, 9.17) is 5.73 Å². The molecule has 4 rings (SSSR count). The third kappa shape index (κ3) is 6.06. The highest BCUT2D eigenvalue weighted by Gasteiger charge is 2.33. The van der Waals surface area contributed by atoms with Gasteiger partial charge in [-0.05, 0) is 30.9 Å². The summed E-state index contributed by atoms with van der Waals surface area (Å²) in [6, 6.07) is 3.75. The number of rotatable bonds is 9. The minimum absolute atomic E-state index is 0.101. The van der Waals surface area contributed by atoms with Gasteiger partial charge in [0.1, 0.15) is 5.82 Å². The fourth-order valence-corrected chi connectivity index (χ4v) is 3.58. The molecule has 0 bridgehead atoms. The SMILES string of the molecule is NC(=O)CCNc1nc(Nc2ccc(CN3CCC(F)(F)CC3)nc2)ncc1C1CC1. The van der Waals surface area contributed by atoms with Crippen molar-refractivity contribution < 1.29 is 13.6 Å². The molecule has 1 aliphatic carbocycles. The lowest BCUT2D eigenvalue weighted by atomic mass is 10.1. The second-order valence-electron chi connectivity index (χ2n) is 8.21. The summed E-state index contributed by atoms with van der Waals surface area (Å²) in [6.07, 6.45) is 5.76. The van der Waals surface area contributed by atoms with Crippen molar-refractivity contribution in [3.8, 4) is 0 Å². The van der Waals surface area contributed by atoms with Gasteiger partial charge in [0.2, 0.25) is 11.9 Å².